The number of benzene rings is 2. The van der Waals surface area contributed by atoms with Crippen molar-refractivity contribution in [1.82, 2.24) is 4.31 Å². The quantitative estimate of drug-likeness (QED) is 0.758. The zero-order valence-electron chi connectivity index (χ0n) is 15.0. The van der Waals surface area contributed by atoms with Crippen molar-refractivity contribution in [3.63, 3.8) is 0 Å². The SMILES string of the molecule is CCOc1ccccc1NS(=O)(=O)c1ccc(S(=O)(=O)N2CCCC2)cc1. The first-order valence-electron chi connectivity index (χ1n) is 8.69. The molecule has 1 heterocycles. The molecule has 1 aliphatic heterocycles. The van der Waals surface area contributed by atoms with Gasteiger partial charge in [0.15, 0.2) is 0 Å². The number of hydrogen-bond acceptors (Lipinski definition) is 5. The van der Waals surface area contributed by atoms with Crippen LogP contribution in [0.25, 0.3) is 0 Å². The lowest BCUT2D eigenvalue weighted by atomic mass is 10.3. The predicted octanol–water partition coefficient (Wildman–Crippen LogP) is 2.67. The van der Waals surface area contributed by atoms with Crippen LogP contribution < -0.4 is 9.46 Å². The molecule has 1 N–H and O–H groups in total. The molecule has 0 amide bonds. The molecular formula is C18H22N2O5S2. The zero-order valence-corrected chi connectivity index (χ0v) is 16.6. The van der Waals surface area contributed by atoms with E-state index in [0.717, 1.165) is 12.8 Å². The molecule has 2 aromatic carbocycles. The van der Waals surface area contributed by atoms with Crippen LogP contribution in [0, 0.1) is 0 Å². The van der Waals surface area contributed by atoms with Gasteiger partial charge in [-0.1, -0.05) is 12.1 Å². The number of rotatable bonds is 7. The monoisotopic (exact) mass is 410 g/mol. The molecule has 146 valence electrons. The molecule has 7 nitrogen and oxygen atoms in total. The van der Waals surface area contributed by atoms with Crippen LogP contribution in [0.2, 0.25) is 0 Å². The van der Waals surface area contributed by atoms with Gasteiger partial charge in [-0.05, 0) is 56.2 Å². The second-order valence-corrected chi connectivity index (χ2v) is 9.74. The molecule has 0 unspecified atom stereocenters. The van der Waals surface area contributed by atoms with Gasteiger partial charge in [0.05, 0.1) is 22.1 Å². The van der Waals surface area contributed by atoms with Gasteiger partial charge in [0, 0.05) is 13.1 Å². The van der Waals surface area contributed by atoms with E-state index in [1.165, 1.54) is 28.6 Å². The van der Waals surface area contributed by atoms with Crippen LogP contribution in [0.5, 0.6) is 5.75 Å². The van der Waals surface area contributed by atoms with Gasteiger partial charge in [-0.15, -0.1) is 0 Å². The first kappa shape index (κ1) is 19.7. The Hall–Kier alpha value is -2.10. The van der Waals surface area contributed by atoms with Crippen molar-refractivity contribution in [2.45, 2.75) is 29.6 Å². The Balaban J connectivity index is 1.84. The van der Waals surface area contributed by atoms with Gasteiger partial charge in [-0.25, -0.2) is 16.8 Å². The third-order valence-corrected chi connectivity index (χ3v) is 7.56. The van der Waals surface area contributed by atoms with Crippen molar-refractivity contribution in [2.75, 3.05) is 24.4 Å². The van der Waals surface area contributed by atoms with Gasteiger partial charge < -0.3 is 4.74 Å². The highest BCUT2D eigenvalue weighted by atomic mass is 32.2. The molecule has 0 spiro atoms. The van der Waals surface area contributed by atoms with E-state index in [9.17, 15) is 16.8 Å². The maximum atomic E-state index is 12.6. The number of anilines is 1. The van der Waals surface area contributed by atoms with Crippen molar-refractivity contribution < 1.29 is 21.6 Å². The summed E-state index contributed by atoms with van der Waals surface area (Å²) in [7, 11) is -7.45. The lowest BCUT2D eigenvalue weighted by Gasteiger charge is -2.16. The summed E-state index contributed by atoms with van der Waals surface area (Å²) in [6.45, 7) is 3.21. The highest BCUT2D eigenvalue weighted by Gasteiger charge is 2.27. The van der Waals surface area contributed by atoms with Crippen molar-refractivity contribution in [2.24, 2.45) is 0 Å². The molecule has 1 fully saturated rings. The van der Waals surface area contributed by atoms with Gasteiger partial charge >= 0.3 is 0 Å². The average molecular weight is 411 g/mol. The normalized spacial score (nSPS) is 15.6. The van der Waals surface area contributed by atoms with E-state index in [-0.39, 0.29) is 9.79 Å². The van der Waals surface area contributed by atoms with Crippen LogP contribution in [0.3, 0.4) is 0 Å². The van der Waals surface area contributed by atoms with Crippen LogP contribution in [0.4, 0.5) is 5.69 Å². The third-order valence-electron chi connectivity index (χ3n) is 4.27. The fourth-order valence-corrected chi connectivity index (χ4v) is 5.49. The number of sulfonamides is 2. The van der Waals surface area contributed by atoms with E-state index in [2.05, 4.69) is 4.72 Å². The molecule has 0 bridgehead atoms. The molecule has 3 rings (SSSR count). The number of nitrogens with zero attached hydrogens (tertiary/aromatic N) is 1. The van der Waals surface area contributed by atoms with Crippen LogP contribution in [0.15, 0.2) is 58.3 Å². The van der Waals surface area contributed by atoms with E-state index >= 15 is 0 Å². The zero-order chi connectivity index (χ0) is 19.5. The largest absolute Gasteiger partial charge is 0.492 e. The molecule has 0 aliphatic carbocycles. The molecule has 0 saturated carbocycles. The molecule has 0 atom stereocenters. The molecule has 0 aromatic heterocycles. The Morgan fingerprint density at radius 3 is 2.15 bits per heavy atom. The molecular weight excluding hydrogens is 388 g/mol. The average Bonchev–Trinajstić information content (AvgIpc) is 3.19. The number of ether oxygens (including phenoxy) is 1. The summed E-state index contributed by atoms with van der Waals surface area (Å²) in [5.41, 5.74) is 0.327. The molecule has 1 aliphatic rings. The Morgan fingerprint density at radius 2 is 1.52 bits per heavy atom. The second kappa shape index (κ2) is 7.87. The van der Waals surface area contributed by atoms with Crippen LogP contribution >= 0.6 is 0 Å². The molecule has 9 heteroatoms. The van der Waals surface area contributed by atoms with Crippen LogP contribution in [0.1, 0.15) is 19.8 Å². The van der Waals surface area contributed by atoms with Crippen molar-refractivity contribution >= 4 is 25.7 Å². The number of nitrogens with one attached hydrogen (secondary N) is 1. The van der Waals surface area contributed by atoms with E-state index in [1.54, 1.807) is 24.3 Å². The standard InChI is InChI=1S/C18H22N2O5S2/c1-2-25-18-8-4-3-7-17(18)19-26(21,22)15-9-11-16(12-10-15)27(23,24)20-13-5-6-14-20/h3-4,7-12,19H,2,5-6,13-14H2,1H3. The summed E-state index contributed by atoms with van der Waals surface area (Å²) in [5, 5.41) is 0. The Kier molecular flexibility index (Phi) is 5.73. The van der Waals surface area contributed by atoms with E-state index in [1.807, 2.05) is 6.92 Å². The fourth-order valence-electron chi connectivity index (χ4n) is 2.90. The van der Waals surface area contributed by atoms with Crippen molar-refractivity contribution in [3.8, 4) is 5.75 Å². The Morgan fingerprint density at radius 1 is 0.926 bits per heavy atom. The maximum Gasteiger partial charge on any atom is 0.262 e. The van der Waals surface area contributed by atoms with Gasteiger partial charge in [-0.2, -0.15) is 4.31 Å². The molecule has 27 heavy (non-hydrogen) atoms. The van der Waals surface area contributed by atoms with E-state index in [0.29, 0.717) is 31.1 Å². The van der Waals surface area contributed by atoms with E-state index in [4.69, 9.17) is 4.74 Å². The van der Waals surface area contributed by atoms with Gasteiger partial charge in [0.2, 0.25) is 10.0 Å². The fraction of sp³-hybridized carbons (Fsp3) is 0.333. The smallest absolute Gasteiger partial charge is 0.262 e. The van der Waals surface area contributed by atoms with Gasteiger partial charge in [0.1, 0.15) is 5.75 Å². The maximum absolute atomic E-state index is 12.6. The van der Waals surface area contributed by atoms with Crippen LogP contribution in [-0.2, 0) is 20.0 Å². The summed E-state index contributed by atoms with van der Waals surface area (Å²) < 4.78 is 59.7. The molecule has 2 aromatic rings. The first-order chi connectivity index (χ1) is 12.8. The Labute approximate surface area is 160 Å². The highest BCUT2D eigenvalue weighted by Crippen LogP contribution is 2.27. The summed E-state index contributed by atoms with van der Waals surface area (Å²) in [6.07, 6.45) is 1.68. The minimum absolute atomic E-state index is 0.0193. The molecule has 1 saturated heterocycles. The lowest BCUT2D eigenvalue weighted by molar-refractivity contribution is 0.342. The highest BCUT2D eigenvalue weighted by molar-refractivity contribution is 7.92. The first-order valence-corrected chi connectivity index (χ1v) is 11.6. The Bertz CT molecular complexity index is 996. The number of hydrogen-bond donors (Lipinski definition) is 1. The topological polar surface area (TPSA) is 92.8 Å². The summed E-state index contributed by atoms with van der Waals surface area (Å²) in [5.74, 6) is 0.428. The molecule has 0 radical (unpaired) electrons. The lowest BCUT2D eigenvalue weighted by Crippen LogP contribution is -2.27. The van der Waals surface area contributed by atoms with Crippen LogP contribution in [-0.4, -0.2) is 40.8 Å². The number of para-hydroxylation sites is 2. The third kappa shape index (κ3) is 4.26. The summed E-state index contributed by atoms with van der Waals surface area (Å²) in [4.78, 5) is 0.0761. The second-order valence-electron chi connectivity index (χ2n) is 6.12. The minimum atomic E-state index is -3.87. The van der Waals surface area contributed by atoms with Gasteiger partial charge in [-0.3, -0.25) is 4.72 Å². The van der Waals surface area contributed by atoms with Crippen molar-refractivity contribution in [3.05, 3.63) is 48.5 Å². The van der Waals surface area contributed by atoms with Crippen molar-refractivity contribution in [1.29, 1.82) is 0 Å². The minimum Gasteiger partial charge on any atom is -0.492 e. The predicted molar refractivity (Wildman–Crippen MR) is 103 cm³/mol. The summed E-state index contributed by atoms with van der Waals surface area (Å²) >= 11 is 0. The van der Waals surface area contributed by atoms with E-state index < -0.39 is 20.0 Å². The van der Waals surface area contributed by atoms with Gasteiger partial charge in [0.25, 0.3) is 10.0 Å². The summed E-state index contributed by atoms with van der Waals surface area (Å²) in [6, 6.07) is 12.0.